The Morgan fingerprint density at radius 1 is 1.28 bits per heavy atom. The summed E-state index contributed by atoms with van der Waals surface area (Å²) in [5, 5.41) is 5.98. The van der Waals surface area contributed by atoms with Gasteiger partial charge in [0.2, 0.25) is 0 Å². The number of anilines is 1. The molecule has 3 nitrogen and oxygen atoms in total. The third-order valence-corrected chi connectivity index (χ3v) is 3.66. The van der Waals surface area contributed by atoms with E-state index in [4.69, 9.17) is 0 Å². The second-order valence-corrected chi connectivity index (χ2v) is 5.27. The first-order valence-corrected chi connectivity index (χ1v) is 6.62. The van der Waals surface area contributed by atoms with Crippen molar-refractivity contribution in [1.29, 1.82) is 0 Å². The first kappa shape index (κ1) is 12.6. The smallest absolute Gasteiger partial charge is 0.263 e. The number of hydrogen-bond acceptors (Lipinski definition) is 3. The fourth-order valence-corrected chi connectivity index (χ4v) is 2.66. The molecule has 4 heteroatoms. The van der Waals surface area contributed by atoms with E-state index in [2.05, 4.69) is 22.8 Å². The Morgan fingerprint density at radius 3 is 2.67 bits per heavy atom. The molecule has 0 aliphatic carbocycles. The number of thiophene rings is 1. The van der Waals surface area contributed by atoms with Crippen LogP contribution in [-0.2, 0) is 6.54 Å². The van der Waals surface area contributed by atoms with Gasteiger partial charge in [0.1, 0.15) is 4.88 Å². The fraction of sp³-hybridized carbons (Fsp3) is 0.214. The normalized spacial score (nSPS) is 10.1. The molecule has 2 aromatic rings. The van der Waals surface area contributed by atoms with Crippen LogP contribution in [0.4, 0.5) is 5.69 Å². The molecular weight excluding hydrogens is 244 g/mol. The Hall–Kier alpha value is -1.81. The second kappa shape index (κ2) is 5.69. The summed E-state index contributed by atoms with van der Waals surface area (Å²) in [7, 11) is 1.65. The van der Waals surface area contributed by atoms with Crippen molar-refractivity contribution in [3.63, 3.8) is 0 Å². The van der Waals surface area contributed by atoms with Gasteiger partial charge in [-0.15, -0.1) is 11.3 Å². The predicted molar refractivity (Wildman–Crippen MR) is 76.2 cm³/mol. The van der Waals surface area contributed by atoms with Gasteiger partial charge in [0, 0.05) is 18.5 Å². The topological polar surface area (TPSA) is 41.1 Å². The van der Waals surface area contributed by atoms with Crippen LogP contribution in [0.2, 0.25) is 0 Å². The summed E-state index contributed by atoms with van der Waals surface area (Å²) in [6.07, 6.45) is 0. The first-order valence-electron chi connectivity index (χ1n) is 5.81. The maximum atomic E-state index is 11.7. The number of aryl methyl sites for hydroxylation is 1. The van der Waals surface area contributed by atoms with Crippen molar-refractivity contribution in [2.24, 2.45) is 0 Å². The summed E-state index contributed by atoms with van der Waals surface area (Å²) in [4.78, 5) is 13.6. The van der Waals surface area contributed by atoms with Gasteiger partial charge in [-0.3, -0.25) is 4.79 Å². The lowest BCUT2D eigenvalue weighted by atomic mass is 10.2. The molecule has 2 N–H and O–H groups in total. The van der Waals surface area contributed by atoms with E-state index in [1.165, 1.54) is 16.9 Å². The summed E-state index contributed by atoms with van der Waals surface area (Å²) in [5.74, 6) is -0.0383. The molecule has 1 aromatic carbocycles. The number of carbonyl (C=O) groups is 1. The molecule has 0 unspecified atom stereocenters. The van der Waals surface area contributed by atoms with E-state index in [1.54, 1.807) is 7.05 Å². The van der Waals surface area contributed by atoms with E-state index in [0.717, 1.165) is 22.0 Å². The van der Waals surface area contributed by atoms with Gasteiger partial charge in [-0.05, 0) is 18.6 Å². The highest BCUT2D eigenvalue weighted by Crippen LogP contribution is 2.26. The van der Waals surface area contributed by atoms with E-state index in [-0.39, 0.29) is 5.91 Å². The molecule has 2 rings (SSSR count). The molecule has 0 spiro atoms. The minimum absolute atomic E-state index is 0.0383. The summed E-state index contributed by atoms with van der Waals surface area (Å²) < 4.78 is 0. The van der Waals surface area contributed by atoms with Crippen LogP contribution in [0.1, 0.15) is 20.1 Å². The van der Waals surface area contributed by atoms with E-state index in [9.17, 15) is 4.79 Å². The number of rotatable bonds is 4. The second-order valence-electron chi connectivity index (χ2n) is 4.02. The minimum atomic E-state index is -0.0383. The molecule has 0 aliphatic heterocycles. The largest absolute Gasteiger partial charge is 0.380 e. The Balaban J connectivity index is 2.12. The van der Waals surface area contributed by atoms with Crippen LogP contribution in [0.15, 0.2) is 36.4 Å². The van der Waals surface area contributed by atoms with E-state index < -0.39 is 0 Å². The van der Waals surface area contributed by atoms with Crippen LogP contribution in [-0.4, -0.2) is 13.0 Å². The highest BCUT2D eigenvalue weighted by molar-refractivity contribution is 7.14. The van der Waals surface area contributed by atoms with Crippen LogP contribution >= 0.6 is 11.3 Å². The van der Waals surface area contributed by atoms with Crippen molar-refractivity contribution >= 4 is 22.9 Å². The van der Waals surface area contributed by atoms with Gasteiger partial charge in [0.05, 0.1) is 5.69 Å². The van der Waals surface area contributed by atoms with Crippen LogP contribution in [0.5, 0.6) is 0 Å². The minimum Gasteiger partial charge on any atom is -0.380 e. The monoisotopic (exact) mass is 260 g/mol. The lowest BCUT2D eigenvalue weighted by Gasteiger charge is -2.06. The molecule has 0 aliphatic rings. The number of nitrogens with one attached hydrogen (secondary N) is 2. The molecule has 0 fully saturated rings. The number of carbonyl (C=O) groups excluding carboxylic acids is 1. The van der Waals surface area contributed by atoms with Crippen LogP contribution in [0.25, 0.3) is 0 Å². The number of benzene rings is 1. The maximum absolute atomic E-state index is 11.7. The molecule has 0 atom stereocenters. The van der Waals surface area contributed by atoms with Gasteiger partial charge in [0.25, 0.3) is 5.91 Å². The van der Waals surface area contributed by atoms with Gasteiger partial charge in [-0.1, -0.05) is 30.3 Å². The zero-order chi connectivity index (χ0) is 13.0. The summed E-state index contributed by atoms with van der Waals surface area (Å²) >= 11 is 1.51. The Kier molecular flexibility index (Phi) is 3.99. The third-order valence-electron chi connectivity index (χ3n) is 2.61. The quantitative estimate of drug-likeness (QED) is 0.887. The summed E-state index contributed by atoms with van der Waals surface area (Å²) in [6, 6.07) is 12.1. The predicted octanol–water partition coefficient (Wildman–Crippen LogP) is 3.03. The molecule has 1 heterocycles. The molecule has 18 heavy (non-hydrogen) atoms. The van der Waals surface area contributed by atoms with Gasteiger partial charge in [-0.25, -0.2) is 0 Å². The lowest BCUT2D eigenvalue weighted by molar-refractivity contribution is 0.0968. The van der Waals surface area contributed by atoms with Crippen LogP contribution < -0.4 is 10.6 Å². The third kappa shape index (κ3) is 2.90. The molecule has 94 valence electrons. The SMILES string of the molecule is CNC(=O)c1sc(C)cc1NCc1ccccc1. The lowest BCUT2D eigenvalue weighted by Crippen LogP contribution is -2.17. The zero-order valence-corrected chi connectivity index (χ0v) is 11.3. The van der Waals surface area contributed by atoms with E-state index >= 15 is 0 Å². The van der Waals surface area contributed by atoms with Gasteiger partial charge >= 0.3 is 0 Å². The molecule has 0 bridgehead atoms. The van der Waals surface area contributed by atoms with Crippen molar-refractivity contribution in [2.75, 3.05) is 12.4 Å². The number of amides is 1. The average Bonchev–Trinajstić information content (AvgIpc) is 2.78. The zero-order valence-electron chi connectivity index (χ0n) is 10.5. The van der Waals surface area contributed by atoms with Crippen molar-refractivity contribution in [3.8, 4) is 0 Å². The van der Waals surface area contributed by atoms with Gasteiger partial charge in [-0.2, -0.15) is 0 Å². The first-order chi connectivity index (χ1) is 8.70. The molecule has 1 amide bonds. The van der Waals surface area contributed by atoms with Crippen LogP contribution in [0.3, 0.4) is 0 Å². The van der Waals surface area contributed by atoms with E-state index in [1.807, 2.05) is 31.2 Å². The highest BCUT2D eigenvalue weighted by Gasteiger charge is 2.13. The Morgan fingerprint density at radius 2 is 2.00 bits per heavy atom. The highest BCUT2D eigenvalue weighted by atomic mass is 32.1. The van der Waals surface area contributed by atoms with Crippen molar-refractivity contribution in [3.05, 3.63) is 51.7 Å². The molecule has 0 saturated heterocycles. The van der Waals surface area contributed by atoms with E-state index in [0.29, 0.717) is 0 Å². The van der Waals surface area contributed by atoms with Crippen molar-refractivity contribution < 1.29 is 4.79 Å². The number of hydrogen-bond donors (Lipinski definition) is 2. The maximum Gasteiger partial charge on any atom is 0.263 e. The summed E-state index contributed by atoms with van der Waals surface area (Å²) in [5.41, 5.74) is 2.10. The Labute approximate surface area is 111 Å². The van der Waals surface area contributed by atoms with Gasteiger partial charge < -0.3 is 10.6 Å². The fourth-order valence-electron chi connectivity index (χ4n) is 1.72. The van der Waals surface area contributed by atoms with Crippen molar-refractivity contribution in [2.45, 2.75) is 13.5 Å². The van der Waals surface area contributed by atoms with Crippen molar-refractivity contribution in [1.82, 2.24) is 5.32 Å². The molecule has 0 saturated carbocycles. The van der Waals surface area contributed by atoms with Gasteiger partial charge in [0.15, 0.2) is 0 Å². The Bertz CT molecular complexity index is 534. The average molecular weight is 260 g/mol. The molecule has 0 radical (unpaired) electrons. The standard InChI is InChI=1S/C14H16N2OS/c1-10-8-12(13(18-10)14(17)15-2)16-9-11-6-4-3-5-7-11/h3-8,16H,9H2,1-2H3,(H,15,17). The molecular formula is C14H16N2OS. The molecule has 1 aromatic heterocycles. The van der Waals surface area contributed by atoms with Crippen LogP contribution in [0, 0.1) is 6.92 Å². The summed E-state index contributed by atoms with van der Waals surface area (Å²) in [6.45, 7) is 2.73.